The van der Waals surface area contributed by atoms with Gasteiger partial charge in [0.05, 0.1) is 12.1 Å². The van der Waals surface area contributed by atoms with Crippen LogP contribution in [0.1, 0.15) is 27.3 Å². The van der Waals surface area contributed by atoms with Crippen LogP contribution in [0.5, 0.6) is 0 Å². The summed E-state index contributed by atoms with van der Waals surface area (Å²) in [5, 5.41) is 2.88. The molecule has 0 saturated carbocycles. The summed E-state index contributed by atoms with van der Waals surface area (Å²) in [6.45, 7) is 2.75. The van der Waals surface area contributed by atoms with E-state index in [9.17, 15) is 4.79 Å². The smallest absolute Gasteiger partial charge is 0.252 e. The molecule has 1 amide bonds. The maximum atomic E-state index is 12.2. The van der Waals surface area contributed by atoms with Crippen molar-refractivity contribution in [3.05, 3.63) is 53.1 Å². The zero-order valence-corrected chi connectivity index (χ0v) is 11.9. The second-order valence-corrected chi connectivity index (χ2v) is 4.60. The fraction of sp³-hybridized carbons (Fsp3) is 0.250. The molecule has 0 spiro atoms. The Hall–Kier alpha value is -2.58. The van der Waals surface area contributed by atoms with Crippen LogP contribution < -0.4 is 11.1 Å². The SMILES string of the molecule is Cc1ccc(C(=O)NCCc2ncc[nH]2)c(C#CCN)c1. The second kappa shape index (κ2) is 7.27. The monoisotopic (exact) mass is 282 g/mol. The average Bonchev–Trinajstić information content (AvgIpc) is 2.98. The van der Waals surface area contributed by atoms with Gasteiger partial charge in [0.25, 0.3) is 5.91 Å². The van der Waals surface area contributed by atoms with E-state index in [4.69, 9.17) is 5.73 Å². The third kappa shape index (κ3) is 4.20. The first-order valence-electron chi connectivity index (χ1n) is 6.76. The number of benzene rings is 1. The number of nitrogens with one attached hydrogen (secondary N) is 2. The Balaban J connectivity index is 2.04. The lowest BCUT2D eigenvalue weighted by Gasteiger charge is -2.07. The molecular formula is C16H18N4O. The van der Waals surface area contributed by atoms with Gasteiger partial charge >= 0.3 is 0 Å². The molecule has 2 aromatic rings. The summed E-state index contributed by atoms with van der Waals surface area (Å²) >= 11 is 0. The van der Waals surface area contributed by atoms with Crippen molar-refractivity contribution in [2.24, 2.45) is 5.73 Å². The van der Waals surface area contributed by atoms with Crippen molar-refractivity contribution in [3.8, 4) is 11.8 Å². The summed E-state index contributed by atoms with van der Waals surface area (Å²) in [7, 11) is 0. The summed E-state index contributed by atoms with van der Waals surface area (Å²) in [4.78, 5) is 19.3. The van der Waals surface area contributed by atoms with E-state index in [0.29, 0.717) is 24.1 Å². The Labute approximate surface area is 124 Å². The number of carbonyl (C=O) groups excluding carboxylic acids is 1. The molecule has 0 aliphatic heterocycles. The van der Waals surface area contributed by atoms with Crippen LogP contribution in [0, 0.1) is 18.8 Å². The van der Waals surface area contributed by atoms with E-state index in [-0.39, 0.29) is 12.5 Å². The maximum Gasteiger partial charge on any atom is 0.252 e. The molecule has 0 radical (unpaired) electrons. The van der Waals surface area contributed by atoms with Gasteiger partial charge in [-0.05, 0) is 24.6 Å². The first-order chi connectivity index (χ1) is 10.2. The minimum Gasteiger partial charge on any atom is -0.352 e. The third-order valence-corrected chi connectivity index (χ3v) is 2.95. The lowest BCUT2D eigenvalue weighted by atomic mass is 10.0. The predicted molar refractivity (Wildman–Crippen MR) is 81.7 cm³/mol. The van der Waals surface area contributed by atoms with Gasteiger partial charge in [-0.1, -0.05) is 17.9 Å². The molecular weight excluding hydrogens is 264 g/mol. The molecule has 1 aromatic heterocycles. The highest BCUT2D eigenvalue weighted by molar-refractivity contribution is 5.96. The van der Waals surface area contributed by atoms with Crippen molar-refractivity contribution in [2.75, 3.05) is 13.1 Å². The minimum absolute atomic E-state index is 0.136. The summed E-state index contributed by atoms with van der Waals surface area (Å²) in [5.74, 6) is 6.45. The summed E-state index contributed by atoms with van der Waals surface area (Å²) in [5.41, 5.74) is 7.72. The lowest BCUT2D eigenvalue weighted by molar-refractivity contribution is 0.0954. The number of amides is 1. The van der Waals surface area contributed by atoms with Gasteiger partial charge in [0, 0.05) is 30.9 Å². The molecule has 0 aliphatic carbocycles. The van der Waals surface area contributed by atoms with E-state index in [1.54, 1.807) is 18.5 Å². The highest BCUT2D eigenvalue weighted by Crippen LogP contribution is 2.10. The molecule has 5 nitrogen and oxygen atoms in total. The van der Waals surface area contributed by atoms with Crippen molar-refractivity contribution < 1.29 is 4.79 Å². The highest BCUT2D eigenvalue weighted by Gasteiger charge is 2.10. The van der Waals surface area contributed by atoms with Gasteiger partial charge in [0.1, 0.15) is 5.82 Å². The number of H-pyrrole nitrogens is 1. The standard InChI is InChI=1S/C16H18N4O/c1-12-4-5-14(13(11-12)3-2-7-17)16(21)20-8-6-15-18-9-10-19-15/h4-5,9-11H,6-8,17H2,1H3,(H,18,19)(H,20,21). The number of aromatic amines is 1. The topological polar surface area (TPSA) is 83.8 Å². The molecule has 0 atom stereocenters. The molecule has 0 saturated heterocycles. The van der Waals surface area contributed by atoms with Crippen LogP contribution in [0.15, 0.2) is 30.6 Å². The third-order valence-electron chi connectivity index (χ3n) is 2.95. The van der Waals surface area contributed by atoms with Crippen molar-refractivity contribution >= 4 is 5.91 Å². The summed E-state index contributed by atoms with van der Waals surface area (Å²) < 4.78 is 0. The number of aryl methyl sites for hydroxylation is 1. The van der Waals surface area contributed by atoms with Gasteiger partial charge in [0.15, 0.2) is 0 Å². The molecule has 1 heterocycles. The zero-order valence-electron chi connectivity index (χ0n) is 11.9. The number of aromatic nitrogens is 2. The zero-order chi connectivity index (χ0) is 15.1. The Morgan fingerprint density at radius 1 is 1.48 bits per heavy atom. The van der Waals surface area contributed by atoms with Crippen LogP contribution in [-0.4, -0.2) is 29.0 Å². The number of imidazole rings is 1. The molecule has 108 valence electrons. The van der Waals surface area contributed by atoms with Gasteiger partial charge < -0.3 is 16.0 Å². The molecule has 2 rings (SSSR count). The van der Waals surface area contributed by atoms with Gasteiger partial charge in [0.2, 0.25) is 0 Å². The van der Waals surface area contributed by atoms with Crippen LogP contribution in [0.2, 0.25) is 0 Å². The Morgan fingerprint density at radius 2 is 2.33 bits per heavy atom. The first kappa shape index (κ1) is 14.8. The van der Waals surface area contributed by atoms with Crippen LogP contribution in [0.4, 0.5) is 0 Å². The fourth-order valence-electron chi connectivity index (χ4n) is 1.93. The maximum absolute atomic E-state index is 12.2. The number of nitrogens with two attached hydrogens (primary N) is 1. The van der Waals surface area contributed by atoms with Crippen molar-refractivity contribution in [1.82, 2.24) is 15.3 Å². The van der Waals surface area contributed by atoms with Crippen molar-refractivity contribution in [3.63, 3.8) is 0 Å². The first-order valence-corrected chi connectivity index (χ1v) is 6.76. The average molecular weight is 282 g/mol. The molecule has 5 heteroatoms. The van der Waals surface area contributed by atoms with E-state index in [2.05, 4.69) is 27.1 Å². The van der Waals surface area contributed by atoms with Crippen LogP contribution in [0.3, 0.4) is 0 Å². The fourth-order valence-corrected chi connectivity index (χ4v) is 1.93. The molecule has 0 fully saturated rings. The van der Waals surface area contributed by atoms with E-state index in [1.807, 2.05) is 19.1 Å². The van der Waals surface area contributed by atoms with Crippen LogP contribution in [-0.2, 0) is 6.42 Å². The van der Waals surface area contributed by atoms with Crippen LogP contribution in [0.25, 0.3) is 0 Å². The molecule has 21 heavy (non-hydrogen) atoms. The normalized spacial score (nSPS) is 9.81. The van der Waals surface area contributed by atoms with E-state index in [0.717, 1.165) is 11.4 Å². The van der Waals surface area contributed by atoms with Crippen molar-refractivity contribution in [1.29, 1.82) is 0 Å². The number of rotatable bonds is 4. The van der Waals surface area contributed by atoms with E-state index < -0.39 is 0 Å². The summed E-state index contributed by atoms with van der Waals surface area (Å²) in [6.07, 6.45) is 4.11. The second-order valence-electron chi connectivity index (χ2n) is 4.60. The summed E-state index contributed by atoms with van der Waals surface area (Å²) in [6, 6.07) is 5.58. The highest BCUT2D eigenvalue weighted by atomic mass is 16.1. The Morgan fingerprint density at radius 3 is 3.05 bits per heavy atom. The van der Waals surface area contributed by atoms with E-state index >= 15 is 0 Å². The Kier molecular flexibility index (Phi) is 5.13. The lowest BCUT2D eigenvalue weighted by Crippen LogP contribution is -2.26. The number of nitrogens with zero attached hydrogens (tertiary/aromatic N) is 1. The number of hydrogen-bond acceptors (Lipinski definition) is 3. The quantitative estimate of drug-likeness (QED) is 0.732. The molecule has 1 aromatic carbocycles. The Bertz CT molecular complexity index is 665. The molecule has 0 aliphatic rings. The van der Waals surface area contributed by atoms with Gasteiger partial charge in [-0.3, -0.25) is 4.79 Å². The molecule has 4 N–H and O–H groups in total. The van der Waals surface area contributed by atoms with E-state index in [1.165, 1.54) is 0 Å². The molecule has 0 bridgehead atoms. The molecule has 0 unspecified atom stereocenters. The van der Waals surface area contributed by atoms with Gasteiger partial charge in [-0.25, -0.2) is 4.98 Å². The number of carbonyl (C=O) groups is 1. The van der Waals surface area contributed by atoms with Gasteiger partial charge in [-0.15, -0.1) is 0 Å². The van der Waals surface area contributed by atoms with Crippen molar-refractivity contribution in [2.45, 2.75) is 13.3 Å². The number of hydrogen-bond donors (Lipinski definition) is 3. The van der Waals surface area contributed by atoms with Gasteiger partial charge in [-0.2, -0.15) is 0 Å². The van der Waals surface area contributed by atoms with Crippen LogP contribution >= 0.6 is 0 Å². The minimum atomic E-state index is -0.136. The predicted octanol–water partition coefficient (Wildman–Crippen LogP) is 1.00. The largest absolute Gasteiger partial charge is 0.352 e.